The lowest BCUT2D eigenvalue weighted by molar-refractivity contribution is 0.483. The van der Waals surface area contributed by atoms with Crippen LogP contribution in [0.3, 0.4) is 0 Å². The van der Waals surface area contributed by atoms with Crippen LogP contribution in [0.2, 0.25) is 0 Å². The topological polar surface area (TPSA) is 45.9 Å². The molecule has 0 saturated carbocycles. The number of hydrogen-bond donors (Lipinski definition) is 0. The van der Waals surface area contributed by atoms with Crippen LogP contribution in [0.25, 0.3) is 50.0 Å². The van der Waals surface area contributed by atoms with Gasteiger partial charge in [-0.2, -0.15) is 0 Å². The van der Waals surface area contributed by atoms with E-state index in [4.69, 9.17) is 14.7 Å². The van der Waals surface area contributed by atoms with Gasteiger partial charge in [-0.25, -0.2) is 9.97 Å². The highest BCUT2D eigenvalue weighted by molar-refractivity contribution is 6.13. The highest BCUT2D eigenvalue weighted by atomic mass is 16.5. The number of para-hydroxylation sites is 2. The summed E-state index contributed by atoms with van der Waals surface area (Å²) < 4.78 is 8.97. The molecule has 0 unspecified atom stereocenters. The maximum absolute atomic E-state index is 6.68. The summed E-state index contributed by atoms with van der Waals surface area (Å²) in [6.45, 7) is 13.9. The van der Waals surface area contributed by atoms with E-state index >= 15 is 0 Å². The summed E-state index contributed by atoms with van der Waals surface area (Å²) in [5.41, 5.74) is 17.0. The fourth-order valence-electron chi connectivity index (χ4n) is 8.56. The maximum Gasteiger partial charge on any atom is 0.147 e. The van der Waals surface area contributed by atoms with Crippen molar-refractivity contribution < 1.29 is 4.74 Å². The van der Waals surface area contributed by atoms with Crippen molar-refractivity contribution in [2.24, 2.45) is 0 Å². The molecule has 3 aromatic heterocycles. The number of aromatic nitrogens is 3. The lowest BCUT2D eigenvalue weighted by Crippen LogP contribution is -2.23. The van der Waals surface area contributed by atoms with E-state index in [1.807, 2.05) is 18.3 Å². The number of nitrogens with zero attached hydrogens (tertiary/aromatic N) is 5. The Hall–Kier alpha value is -6.14. The summed E-state index contributed by atoms with van der Waals surface area (Å²) in [4.78, 5) is 15.2. The number of rotatable bonds is 5. The molecule has 9 rings (SSSR count). The fourth-order valence-corrected chi connectivity index (χ4v) is 8.56. The second-order valence-corrected chi connectivity index (χ2v) is 14.5. The number of benzene rings is 5. The van der Waals surface area contributed by atoms with Crippen LogP contribution in [0, 0.1) is 41.5 Å². The summed E-state index contributed by atoms with van der Waals surface area (Å²) in [7, 11) is 2.13. The molecule has 0 aliphatic carbocycles. The van der Waals surface area contributed by atoms with E-state index in [-0.39, 0.29) is 0 Å². The molecule has 0 bridgehead atoms. The lowest BCUT2D eigenvalue weighted by atomic mass is 9.91. The third-order valence-corrected chi connectivity index (χ3v) is 10.5. The molecule has 0 spiro atoms. The van der Waals surface area contributed by atoms with Gasteiger partial charge in [0.2, 0.25) is 0 Å². The molecule has 6 nitrogen and oxygen atoms in total. The van der Waals surface area contributed by atoms with Gasteiger partial charge in [-0.3, -0.25) is 4.40 Å². The van der Waals surface area contributed by atoms with Gasteiger partial charge in [0, 0.05) is 46.9 Å². The highest BCUT2D eigenvalue weighted by Crippen LogP contribution is 2.44. The van der Waals surface area contributed by atoms with Gasteiger partial charge in [0.05, 0.1) is 29.4 Å². The van der Waals surface area contributed by atoms with E-state index in [0.717, 1.165) is 62.7 Å². The van der Waals surface area contributed by atoms with Crippen LogP contribution in [0.1, 0.15) is 33.4 Å². The Balaban J connectivity index is 1.27. The molecule has 0 atom stereocenters. The van der Waals surface area contributed by atoms with Crippen LogP contribution < -0.4 is 14.5 Å². The molecular weight excluding hydrogens is 639 g/mol. The predicted molar refractivity (Wildman–Crippen MR) is 216 cm³/mol. The van der Waals surface area contributed by atoms with Crippen molar-refractivity contribution in [2.45, 2.75) is 41.5 Å². The zero-order chi connectivity index (χ0) is 35.8. The van der Waals surface area contributed by atoms with E-state index in [0.29, 0.717) is 0 Å². The third-order valence-electron chi connectivity index (χ3n) is 10.5. The van der Waals surface area contributed by atoms with Gasteiger partial charge in [0.1, 0.15) is 22.8 Å². The van der Waals surface area contributed by atoms with Gasteiger partial charge in [-0.15, -0.1) is 0 Å². The van der Waals surface area contributed by atoms with Crippen LogP contribution in [-0.2, 0) is 0 Å². The third kappa shape index (κ3) is 5.01. The zero-order valence-corrected chi connectivity index (χ0v) is 30.7. The molecular formula is C46H41N5O. The molecule has 0 fully saturated rings. The minimum Gasteiger partial charge on any atom is -0.457 e. The molecule has 4 heterocycles. The molecule has 0 radical (unpaired) electrons. The predicted octanol–water partition coefficient (Wildman–Crippen LogP) is 11.6. The van der Waals surface area contributed by atoms with Crippen molar-refractivity contribution in [3.63, 3.8) is 0 Å². The molecule has 1 aliphatic rings. The number of ether oxygens (including phenoxy) is 1. The second kappa shape index (κ2) is 12.0. The van der Waals surface area contributed by atoms with Crippen molar-refractivity contribution in [3.05, 3.63) is 143 Å². The van der Waals surface area contributed by atoms with Crippen molar-refractivity contribution >= 4 is 44.5 Å². The lowest BCUT2D eigenvalue weighted by Gasteiger charge is -2.20. The first kappa shape index (κ1) is 31.8. The molecule has 0 amide bonds. The second-order valence-electron chi connectivity index (χ2n) is 14.5. The fraction of sp³-hybridized carbons (Fsp3) is 0.174. The standard InChI is InChI=1S/C46H41N5O/c1-27-20-29(3)41(30(4)21-27)43-44(42-31(5)22-28(2)23-32(42)6)51-45-37(14-11-19-47-45)36-18-17-35(25-38(36)46(51)48-43)52-34-13-10-12-33(24-34)50-26-49(7)39-15-8-9-16-40(39)50/h8-25H,26H2,1-7H3. The Kier molecular flexibility index (Phi) is 7.33. The van der Waals surface area contributed by atoms with E-state index in [1.54, 1.807) is 0 Å². The first-order valence-electron chi connectivity index (χ1n) is 17.9. The molecule has 6 heteroatoms. The van der Waals surface area contributed by atoms with Gasteiger partial charge in [0.15, 0.2) is 0 Å². The Morgan fingerprint density at radius 3 is 1.98 bits per heavy atom. The summed E-state index contributed by atoms with van der Waals surface area (Å²) in [5.74, 6) is 1.54. The van der Waals surface area contributed by atoms with Crippen LogP contribution in [-0.4, -0.2) is 28.1 Å². The van der Waals surface area contributed by atoms with Crippen LogP contribution >= 0.6 is 0 Å². The van der Waals surface area contributed by atoms with Crippen molar-refractivity contribution in [3.8, 4) is 34.0 Å². The average molecular weight is 680 g/mol. The van der Waals surface area contributed by atoms with Crippen molar-refractivity contribution in [1.82, 2.24) is 14.4 Å². The normalized spacial score (nSPS) is 12.8. The van der Waals surface area contributed by atoms with Gasteiger partial charge >= 0.3 is 0 Å². The molecule has 256 valence electrons. The van der Waals surface area contributed by atoms with Crippen molar-refractivity contribution in [1.29, 1.82) is 0 Å². The zero-order valence-electron chi connectivity index (χ0n) is 30.7. The molecule has 5 aromatic carbocycles. The largest absolute Gasteiger partial charge is 0.457 e. The molecule has 0 saturated heterocycles. The van der Waals surface area contributed by atoms with Crippen LogP contribution in [0.15, 0.2) is 109 Å². The quantitative estimate of drug-likeness (QED) is 0.169. The average Bonchev–Trinajstić information content (AvgIpc) is 3.66. The minimum atomic E-state index is 0.755. The van der Waals surface area contributed by atoms with E-state index in [1.165, 1.54) is 55.9 Å². The Morgan fingerprint density at radius 2 is 1.25 bits per heavy atom. The summed E-state index contributed by atoms with van der Waals surface area (Å²) in [6.07, 6.45) is 1.88. The highest BCUT2D eigenvalue weighted by Gasteiger charge is 2.27. The number of pyridine rings is 2. The first-order valence-corrected chi connectivity index (χ1v) is 17.9. The van der Waals surface area contributed by atoms with Gasteiger partial charge in [-0.05, 0) is 124 Å². The summed E-state index contributed by atoms with van der Waals surface area (Å²) in [5, 5.41) is 3.17. The van der Waals surface area contributed by atoms with E-state index in [2.05, 4.69) is 154 Å². The van der Waals surface area contributed by atoms with E-state index in [9.17, 15) is 0 Å². The first-order chi connectivity index (χ1) is 25.2. The summed E-state index contributed by atoms with van der Waals surface area (Å²) in [6, 6.07) is 36.5. The van der Waals surface area contributed by atoms with E-state index < -0.39 is 0 Å². The number of anilines is 3. The molecule has 0 N–H and O–H groups in total. The van der Waals surface area contributed by atoms with Crippen LogP contribution in [0.4, 0.5) is 17.1 Å². The Bertz CT molecular complexity index is 2700. The maximum atomic E-state index is 6.68. The monoisotopic (exact) mass is 679 g/mol. The minimum absolute atomic E-state index is 0.755. The van der Waals surface area contributed by atoms with Gasteiger partial charge in [-0.1, -0.05) is 53.6 Å². The molecule has 1 aliphatic heterocycles. The van der Waals surface area contributed by atoms with Crippen LogP contribution in [0.5, 0.6) is 11.5 Å². The Morgan fingerprint density at radius 1 is 0.577 bits per heavy atom. The summed E-state index contributed by atoms with van der Waals surface area (Å²) >= 11 is 0. The number of hydrogen-bond acceptors (Lipinski definition) is 5. The van der Waals surface area contributed by atoms with Crippen molar-refractivity contribution in [2.75, 3.05) is 23.5 Å². The smallest absolute Gasteiger partial charge is 0.147 e. The number of fused-ring (bicyclic) bond motifs is 7. The molecule has 52 heavy (non-hydrogen) atoms. The number of aryl methyl sites for hydroxylation is 6. The SMILES string of the molecule is Cc1cc(C)c(-c2nc3c4cc(Oc5cccc(N6CN(C)c7ccccc76)c5)ccc4c4cccnc4n3c2-c2c(C)cc(C)cc2C)c(C)c1. The molecule has 8 aromatic rings. The Labute approximate surface area is 304 Å². The van der Waals surface area contributed by atoms with Gasteiger partial charge in [0.25, 0.3) is 0 Å². The number of imidazole rings is 1. The van der Waals surface area contributed by atoms with Gasteiger partial charge < -0.3 is 14.5 Å².